The maximum absolute atomic E-state index is 12.7. The van der Waals surface area contributed by atoms with Crippen LogP contribution in [-0.2, 0) is 10.0 Å². The summed E-state index contributed by atoms with van der Waals surface area (Å²) in [6.07, 6.45) is 0. The highest BCUT2D eigenvalue weighted by Gasteiger charge is 2.24. The molecule has 0 fully saturated rings. The monoisotopic (exact) mass is 290 g/mol. The molecular weight excluding hydrogens is 272 g/mol. The molecule has 0 unspecified atom stereocenters. The van der Waals surface area contributed by atoms with E-state index < -0.39 is 10.0 Å². The molecule has 0 heterocycles. The first-order chi connectivity index (χ1) is 9.34. The van der Waals surface area contributed by atoms with Crippen molar-refractivity contribution in [1.82, 2.24) is 0 Å². The van der Waals surface area contributed by atoms with Crippen molar-refractivity contribution in [1.29, 1.82) is 0 Å². The van der Waals surface area contributed by atoms with Gasteiger partial charge in [-0.3, -0.25) is 4.31 Å². The fraction of sp³-hybridized carbons (Fsp3) is 0.200. The van der Waals surface area contributed by atoms with Crippen molar-refractivity contribution in [3.63, 3.8) is 0 Å². The standard InChI is InChI=1S/C15H18N2O2S/c1-11-8-9-15(12(2)10-11)20(18,19)17(3)14-7-5-4-6-13(14)16/h4-10H,16H2,1-3H3. The van der Waals surface area contributed by atoms with Gasteiger partial charge in [-0.05, 0) is 37.6 Å². The van der Waals surface area contributed by atoms with Crippen molar-refractivity contribution in [3.8, 4) is 0 Å². The molecule has 0 atom stereocenters. The second-order valence-corrected chi connectivity index (χ2v) is 6.74. The zero-order valence-corrected chi connectivity index (χ0v) is 12.6. The summed E-state index contributed by atoms with van der Waals surface area (Å²) in [5.41, 5.74) is 8.52. The maximum Gasteiger partial charge on any atom is 0.264 e. The van der Waals surface area contributed by atoms with Crippen LogP contribution in [0.1, 0.15) is 11.1 Å². The number of nitrogen functional groups attached to an aromatic ring is 1. The summed E-state index contributed by atoms with van der Waals surface area (Å²) in [4.78, 5) is 0.300. The van der Waals surface area contributed by atoms with Crippen molar-refractivity contribution in [2.24, 2.45) is 0 Å². The zero-order chi connectivity index (χ0) is 14.9. The first kappa shape index (κ1) is 14.4. The van der Waals surface area contributed by atoms with Crippen molar-refractivity contribution in [2.75, 3.05) is 17.1 Å². The van der Waals surface area contributed by atoms with Crippen LogP contribution in [0.5, 0.6) is 0 Å². The van der Waals surface area contributed by atoms with Crippen LogP contribution in [0.25, 0.3) is 0 Å². The highest BCUT2D eigenvalue weighted by molar-refractivity contribution is 7.92. The Morgan fingerprint density at radius 2 is 1.70 bits per heavy atom. The number of para-hydroxylation sites is 2. The molecule has 4 nitrogen and oxygen atoms in total. The fourth-order valence-corrected chi connectivity index (χ4v) is 3.57. The molecule has 5 heteroatoms. The van der Waals surface area contributed by atoms with E-state index in [4.69, 9.17) is 5.73 Å². The number of nitrogens with two attached hydrogens (primary N) is 1. The fourth-order valence-electron chi connectivity index (χ4n) is 2.14. The first-order valence-corrected chi connectivity index (χ1v) is 7.68. The lowest BCUT2D eigenvalue weighted by atomic mass is 10.2. The molecule has 2 aromatic carbocycles. The van der Waals surface area contributed by atoms with Gasteiger partial charge in [0.15, 0.2) is 0 Å². The molecule has 2 rings (SSSR count). The lowest BCUT2D eigenvalue weighted by Gasteiger charge is -2.22. The van der Waals surface area contributed by atoms with Crippen LogP contribution >= 0.6 is 0 Å². The van der Waals surface area contributed by atoms with Crippen LogP contribution in [0.15, 0.2) is 47.4 Å². The summed E-state index contributed by atoms with van der Waals surface area (Å²) < 4.78 is 26.6. The quantitative estimate of drug-likeness (QED) is 0.884. The van der Waals surface area contributed by atoms with E-state index in [1.54, 1.807) is 43.3 Å². The number of rotatable bonds is 3. The number of sulfonamides is 1. The largest absolute Gasteiger partial charge is 0.397 e. The summed E-state index contributed by atoms with van der Waals surface area (Å²) in [6, 6.07) is 12.2. The second kappa shape index (κ2) is 5.17. The Morgan fingerprint density at radius 1 is 1.05 bits per heavy atom. The SMILES string of the molecule is Cc1ccc(S(=O)(=O)N(C)c2ccccc2N)c(C)c1. The number of benzene rings is 2. The van der Waals surface area contributed by atoms with E-state index in [1.165, 1.54) is 11.4 Å². The molecule has 0 bridgehead atoms. The minimum atomic E-state index is -3.61. The molecular formula is C15H18N2O2S. The average Bonchev–Trinajstić information content (AvgIpc) is 2.38. The van der Waals surface area contributed by atoms with E-state index in [9.17, 15) is 8.42 Å². The van der Waals surface area contributed by atoms with Gasteiger partial charge in [0, 0.05) is 7.05 Å². The van der Waals surface area contributed by atoms with E-state index in [-0.39, 0.29) is 0 Å². The molecule has 0 spiro atoms. The predicted octanol–water partition coefficient (Wildman–Crippen LogP) is 2.71. The van der Waals surface area contributed by atoms with E-state index in [1.807, 2.05) is 13.0 Å². The molecule has 0 aromatic heterocycles. The third kappa shape index (κ3) is 2.49. The van der Waals surface area contributed by atoms with E-state index in [0.29, 0.717) is 16.3 Å². The van der Waals surface area contributed by atoms with Gasteiger partial charge in [0.05, 0.1) is 16.3 Å². The Balaban J connectivity index is 2.53. The Labute approximate surface area is 119 Å². The van der Waals surface area contributed by atoms with Gasteiger partial charge in [-0.15, -0.1) is 0 Å². The van der Waals surface area contributed by atoms with Crippen molar-refractivity contribution in [3.05, 3.63) is 53.6 Å². The average molecular weight is 290 g/mol. The summed E-state index contributed by atoms with van der Waals surface area (Å²) in [5, 5.41) is 0. The second-order valence-electron chi connectivity index (χ2n) is 4.80. The predicted molar refractivity (Wildman–Crippen MR) is 82.4 cm³/mol. The number of hydrogen-bond acceptors (Lipinski definition) is 3. The summed E-state index contributed by atoms with van der Waals surface area (Å²) in [7, 11) is -2.09. The third-order valence-corrected chi connectivity index (χ3v) is 5.18. The third-order valence-electron chi connectivity index (χ3n) is 3.24. The van der Waals surface area contributed by atoms with Gasteiger partial charge < -0.3 is 5.73 Å². The molecule has 0 saturated carbocycles. The molecule has 2 N–H and O–H groups in total. The van der Waals surface area contributed by atoms with Gasteiger partial charge in [0.25, 0.3) is 10.0 Å². The number of hydrogen-bond donors (Lipinski definition) is 1. The van der Waals surface area contributed by atoms with E-state index in [2.05, 4.69) is 0 Å². The Hall–Kier alpha value is -2.01. The van der Waals surface area contributed by atoms with Gasteiger partial charge in [0.2, 0.25) is 0 Å². The molecule has 106 valence electrons. The Morgan fingerprint density at radius 3 is 2.30 bits per heavy atom. The van der Waals surface area contributed by atoms with Gasteiger partial charge in [-0.2, -0.15) is 0 Å². The van der Waals surface area contributed by atoms with Crippen molar-refractivity contribution < 1.29 is 8.42 Å². The minimum absolute atomic E-state index is 0.300. The molecule has 20 heavy (non-hydrogen) atoms. The molecule has 0 aliphatic carbocycles. The van der Waals surface area contributed by atoms with Gasteiger partial charge >= 0.3 is 0 Å². The van der Waals surface area contributed by atoms with E-state index >= 15 is 0 Å². The van der Waals surface area contributed by atoms with Gasteiger partial charge in [0.1, 0.15) is 0 Å². The first-order valence-electron chi connectivity index (χ1n) is 6.24. The van der Waals surface area contributed by atoms with E-state index in [0.717, 1.165) is 11.1 Å². The summed E-state index contributed by atoms with van der Waals surface area (Å²) in [6.45, 7) is 3.73. The summed E-state index contributed by atoms with van der Waals surface area (Å²) >= 11 is 0. The summed E-state index contributed by atoms with van der Waals surface area (Å²) in [5.74, 6) is 0. The number of aryl methyl sites for hydroxylation is 2. The lowest BCUT2D eigenvalue weighted by molar-refractivity contribution is 0.594. The van der Waals surface area contributed by atoms with Crippen molar-refractivity contribution in [2.45, 2.75) is 18.7 Å². The van der Waals surface area contributed by atoms with Crippen LogP contribution in [-0.4, -0.2) is 15.5 Å². The normalized spacial score (nSPS) is 11.3. The highest BCUT2D eigenvalue weighted by atomic mass is 32.2. The van der Waals surface area contributed by atoms with Crippen LogP contribution in [0.2, 0.25) is 0 Å². The molecule has 0 radical (unpaired) electrons. The maximum atomic E-state index is 12.7. The number of nitrogens with zero attached hydrogens (tertiary/aromatic N) is 1. The van der Waals surface area contributed by atoms with Crippen LogP contribution in [0.3, 0.4) is 0 Å². The van der Waals surface area contributed by atoms with Gasteiger partial charge in [-0.25, -0.2) is 8.42 Å². The van der Waals surface area contributed by atoms with Crippen molar-refractivity contribution >= 4 is 21.4 Å². The number of anilines is 2. The lowest BCUT2D eigenvalue weighted by Crippen LogP contribution is -2.27. The zero-order valence-electron chi connectivity index (χ0n) is 11.8. The molecule has 0 saturated heterocycles. The highest BCUT2D eigenvalue weighted by Crippen LogP contribution is 2.28. The molecule has 0 aliphatic rings. The smallest absolute Gasteiger partial charge is 0.264 e. The molecule has 0 aliphatic heterocycles. The molecule has 0 amide bonds. The Bertz CT molecular complexity index is 739. The van der Waals surface area contributed by atoms with Gasteiger partial charge in [-0.1, -0.05) is 29.8 Å². The minimum Gasteiger partial charge on any atom is -0.397 e. The Kier molecular flexibility index (Phi) is 3.72. The topological polar surface area (TPSA) is 63.4 Å². The van der Waals surface area contributed by atoms with Crippen LogP contribution in [0, 0.1) is 13.8 Å². The van der Waals surface area contributed by atoms with Crippen LogP contribution in [0.4, 0.5) is 11.4 Å². The molecule has 2 aromatic rings. The van der Waals surface area contributed by atoms with Crippen LogP contribution < -0.4 is 10.0 Å².